The summed E-state index contributed by atoms with van der Waals surface area (Å²) in [4.78, 5) is 6.80. The molecule has 0 unspecified atom stereocenters. The molecule has 1 aliphatic rings. The second kappa shape index (κ2) is 7.41. The predicted molar refractivity (Wildman–Crippen MR) is 84.3 cm³/mol. The second-order valence-electron chi connectivity index (χ2n) is 6.26. The highest BCUT2D eigenvalue weighted by molar-refractivity contribution is 5.96. The van der Waals surface area contributed by atoms with Crippen molar-refractivity contribution in [1.29, 1.82) is 0 Å². The van der Waals surface area contributed by atoms with Crippen molar-refractivity contribution in [2.45, 2.75) is 52.1 Å². The molecule has 2 rings (SSSR count). The fourth-order valence-corrected chi connectivity index (χ4v) is 3.14. The van der Waals surface area contributed by atoms with Crippen molar-refractivity contribution in [1.82, 2.24) is 9.88 Å². The number of oxime groups is 1. The monoisotopic (exact) mass is 290 g/mol. The van der Waals surface area contributed by atoms with Gasteiger partial charge in [-0.15, -0.1) is 0 Å². The topological polar surface area (TPSA) is 74.7 Å². The van der Waals surface area contributed by atoms with E-state index in [0.29, 0.717) is 17.7 Å². The van der Waals surface area contributed by atoms with Crippen LogP contribution >= 0.6 is 0 Å². The third-order valence-electron chi connectivity index (χ3n) is 4.06. The second-order valence-corrected chi connectivity index (χ2v) is 6.26. The van der Waals surface area contributed by atoms with Crippen LogP contribution in [0.1, 0.15) is 50.8 Å². The summed E-state index contributed by atoms with van der Waals surface area (Å²) in [5.74, 6) is 0.705. The van der Waals surface area contributed by atoms with E-state index in [1.807, 2.05) is 12.1 Å². The summed E-state index contributed by atoms with van der Waals surface area (Å²) >= 11 is 0. The molecule has 1 aromatic heterocycles. The molecule has 0 aliphatic heterocycles. The summed E-state index contributed by atoms with van der Waals surface area (Å²) in [5.41, 5.74) is 7.36. The zero-order valence-electron chi connectivity index (χ0n) is 13.0. The molecule has 1 heterocycles. The molecule has 0 radical (unpaired) electrons. The van der Waals surface area contributed by atoms with E-state index in [1.165, 1.54) is 25.7 Å². The van der Waals surface area contributed by atoms with Gasteiger partial charge in [0.05, 0.1) is 0 Å². The molecule has 1 fully saturated rings. The van der Waals surface area contributed by atoms with Gasteiger partial charge in [-0.25, -0.2) is 0 Å². The van der Waals surface area contributed by atoms with Crippen LogP contribution in [0.5, 0.6) is 0 Å². The van der Waals surface area contributed by atoms with Crippen molar-refractivity contribution >= 4 is 5.84 Å². The molecule has 0 spiro atoms. The standard InChI is InChI=1S/C16H26N4O/c1-12(2)10-20(14-7-3-4-8-14)11-13-6-5-9-18-15(13)16(17)19-21/h5-6,9,12,14,21H,3-4,7-8,10-11H2,1-2H3,(H2,17,19). The van der Waals surface area contributed by atoms with Crippen LogP contribution in [0.4, 0.5) is 0 Å². The molecule has 0 amide bonds. The van der Waals surface area contributed by atoms with Gasteiger partial charge in [-0.05, 0) is 30.4 Å². The minimum atomic E-state index is 0.0847. The molecule has 5 heteroatoms. The molecular weight excluding hydrogens is 264 g/mol. The van der Waals surface area contributed by atoms with Gasteiger partial charge in [-0.2, -0.15) is 0 Å². The Bertz CT molecular complexity index is 481. The smallest absolute Gasteiger partial charge is 0.189 e. The van der Waals surface area contributed by atoms with Crippen LogP contribution in [0.25, 0.3) is 0 Å². The number of amidine groups is 1. The summed E-state index contributed by atoms with van der Waals surface area (Å²) < 4.78 is 0. The SMILES string of the molecule is CC(C)CN(Cc1cccnc1/C(N)=N/O)C1CCCC1. The minimum Gasteiger partial charge on any atom is -0.409 e. The molecule has 1 aromatic rings. The van der Waals surface area contributed by atoms with Crippen molar-refractivity contribution in [3.63, 3.8) is 0 Å². The van der Waals surface area contributed by atoms with Gasteiger partial charge in [0, 0.05) is 25.3 Å². The molecule has 0 saturated heterocycles. The Balaban J connectivity index is 2.19. The van der Waals surface area contributed by atoms with Crippen molar-refractivity contribution in [3.8, 4) is 0 Å². The number of hydrogen-bond acceptors (Lipinski definition) is 4. The Morgan fingerprint density at radius 1 is 1.48 bits per heavy atom. The van der Waals surface area contributed by atoms with E-state index in [-0.39, 0.29) is 5.84 Å². The fraction of sp³-hybridized carbons (Fsp3) is 0.625. The predicted octanol–water partition coefficient (Wildman–Crippen LogP) is 2.58. The van der Waals surface area contributed by atoms with Gasteiger partial charge in [0.1, 0.15) is 5.69 Å². The first-order valence-electron chi connectivity index (χ1n) is 7.77. The molecule has 1 saturated carbocycles. The van der Waals surface area contributed by atoms with E-state index in [4.69, 9.17) is 10.9 Å². The van der Waals surface area contributed by atoms with Crippen LogP contribution in [0, 0.1) is 5.92 Å². The van der Waals surface area contributed by atoms with E-state index >= 15 is 0 Å². The first kappa shape index (κ1) is 15.8. The molecule has 0 aromatic carbocycles. The van der Waals surface area contributed by atoms with Gasteiger partial charge in [0.15, 0.2) is 5.84 Å². The van der Waals surface area contributed by atoms with E-state index in [2.05, 4.69) is 28.9 Å². The number of pyridine rings is 1. The van der Waals surface area contributed by atoms with E-state index < -0.39 is 0 Å². The Morgan fingerprint density at radius 2 is 2.19 bits per heavy atom. The van der Waals surface area contributed by atoms with E-state index in [1.54, 1.807) is 6.20 Å². The number of nitrogens with zero attached hydrogens (tertiary/aromatic N) is 3. The average molecular weight is 290 g/mol. The van der Waals surface area contributed by atoms with Gasteiger partial charge >= 0.3 is 0 Å². The quantitative estimate of drug-likeness (QED) is 0.365. The third-order valence-corrected chi connectivity index (χ3v) is 4.06. The van der Waals surface area contributed by atoms with Crippen molar-refractivity contribution in [2.24, 2.45) is 16.8 Å². The molecular formula is C16H26N4O. The highest BCUT2D eigenvalue weighted by Crippen LogP contribution is 2.26. The van der Waals surface area contributed by atoms with Gasteiger partial charge in [0.25, 0.3) is 0 Å². The van der Waals surface area contributed by atoms with Crippen LogP contribution in [0.15, 0.2) is 23.5 Å². The van der Waals surface area contributed by atoms with Gasteiger partial charge in [0.2, 0.25) is 0 Å². The van der Waals surface area contributed by atoms with Crippen molar-refractivity contribution in [3.05, 3.63) is 29.6 Å². The normalized spacial score (nSPS) is 17.0. The highest BCUT2D eigenvalue weighted by Gasteiger charge is 2.24. The first-order chi connectivity index (χ1) is 10.1. The molecule has 5 nitrogen and oxygen atoms in total. The summed E-state index contributed by atoms with van der Waals surface area (Å²) in [5, 5.41) is 12.0. The number of rotatable bonds is 6. The maximum Gasteiger partial charge on any atom is 0.189 e. The maximum atomic E-state index is 8.91. The summed E-state index contributed by atoms with van der Waals surface area (Å²) in [7, 11) is 0. The van der Waals surface area contributed by atoms with Crippen molar-refractivity contribution in [2.75, 3.05) is 6.54 Å². The van der Waals surface area contributed by atoms with Crippen LogP contribution in [-0.2, 0) is 6.54 Å². The van der Waals surface area contributed by atoms with E-state index in [0.717, 1.165) is 18.7 Å². The molecule has 1 aliphatic carbocycles. The Hall–Kier alpha value is -1.62. The molecule has 0 atom stereocenters. The zero-order chi connectivity index (χ0) is 15.2. The lowest BCUT2D eigenvalue weighted by molar-refractivity contribution is 0.168. The van der Waals surface area contributed by atoms with Crippen molar-refractivity contribution < 1.29 is 5.21 Å². The molecule has 0 bridgehead atoms. The maximum absolute atomic E-state index is 8.91. The van der Waals surface area contributed by atoms with E-state index in [9.17, 15) is 0 Å². The molecule has 3 N–H and O–H groups in total. The zero-order valence-corrected chi connectivity index (χ0v) is 13.0. The highest BCUT2D eigenvalue weighted by atomic mass is 16.4. The lowest BCUT2D eigenvalue weighted by Crippen LogP contribution is -2.36. The van der Waals surface area contributed by atoms with Crippen LogP contribution in [-0.4, -0.2) is 33.5 Å². The van der Waals surface area contributed by atoms with Crippen LogP contribution in [0.2, 0.25) is 0 Å². The van der Waals surface area contributed by atoms with Gasteiger partial charge in [-0.1, -0.05) is 37.9 Å². The largest absolute Gasteiger partial charge is 0.409 e. The number of hydrogen-bond donors (Lipinski definition) is 2. The Kier molecular flexibility index (Phi) is 5.56. The lowest BCUT2D eigenvalue weighted by atomic mass is 10.1. The Morgan fingerprint density at radius 3 is 2.81 bits per heavy atom. The Labute approximate surface area is 126 Å². The fourth-order valence-electron chi connectivity index (χ4n) is 3.14. The van der Waals surface area contributed by atoms with Crippen LogP contribution in [0.3, 0.4) is 0 Å². The van der Waals surface area contributed by atoms with Gasteiger partial charge in [-0.3, -0.25) is 9.88 Å². The molecule has 21 heavy (non-hydrogen) atoms. The summed E-state index contributed by atoms with van der Waals surface area (Å²) in [6.45, 7) is 6.36. The number of nitrogens with two attached hydrogens (primary N) is 1. The summed E-state index contributed by atoms with van der Waals surface area (Å²) in [6.07, 6.45) is 6.86. The number of aromatic nitrogens is 1. The lowest BCUT2D eigenvalue weighted by Gasteiger charge is -2.30. The molecule has 116 valence electrons. The first-order valence-corrected chi connectivity index (χ1v) is 7.77. The van der Waals surface area contributed by atoms with Crippen LogP contribution < -0.4 is 5.73 Å². The summed E-state index contributed by atoms with van der Waals surface area (Å²) in [6, 6.07) is 4.57. The van der Waals surface area contributed by atoms with Gasteiger partial charge < -0.3 is 10.9 Å². The minimum absolute atomic E-state index is 0.0847. The third kappa shape index (κ3) is 4.17. The average Bonchev–Trinajstić information content (AvgIpc) is 3.00.